The van der Waals surface area contributed by atoms with Gasteiger partial charge in [-0.2, -0.15) is 13.2 Å². The number of benzene rings is 2. The van der Waals surface area contributed by atoms with Crippen molar-refractivity contribution in [1.82, 2.24) is 5.32 Å². The molecule has 2 aliphatic heterocycles. The molecule has 0 radical (unpaired) electrons. The molecule has 0 bridgehead atoms. The molecule has 150 valence electrons. The highest BCUT2D eigenvalue weighted by molar-refractivity contribution is 5.33. The molecule has 1 spiro atoms. The third-order valence-corrected chi connectivity index (χ3v) is 5.52. The van der Waals surface area contributed by atoms with Crippen LogP contribution >= 0.6 is 0 Å². The van der Waals surface area contributed by atoms with Gasteiger partial charge in [0.05, 0.1) is 24.8 Å². The molecule has 2 heterocycles. The summed E-state index contributed by atoms with van der Waals surface area (Å²) in [5.74, 6) is -1.65. The minimum Gasteiger partial charge on any atom is -0.347 e. The summed E-state index contributed by atoms with van der Waals surface area (Å²) in [6, 6.07) is 11.5. The first-order valence-electron chi connectivity index (χ1n) is 9.32. The van der Waals surface area contributed by atoms with Crippen LogP contribution in [0.15, 0.2) is 48.5 Å². The van der Waals surface area contributed by atoms with Crippen molar-refractivity contribution in [2.45, 2.75) is 36.8 Å². The fraction of sp³-hybridized carbons (Fsp3) is 0.429. The quantitative estimate of drug-likeness (QED) is 0.742. The average Bonchev–Trinajstić information content (AvgIpc) is 2.69. The highest BCUT2D eigenvalue weighted by atomic mass is 19.4. The Balaban J connectivity index is 1.56. The van der Waals surface area contributed by atoms with Gasteiger partial charge in [0, 0.05) is 18.9 Å². The SMILES string of the molecule is Fc1ccc([C@@H]2NCCO[C@@]23CC[C@@H](c2ccccc2C(F)(F)F)CO3)cc1. The van der Waals surface area contributed by atoms with E-state index in [0.717, 1.165) is 11.6 Å². The van der Waals surface area contributed by atoms with Crippen molar-refractivity contribution in [3.63, 3.8) is 0 Å². The van der Waals surface area contributed by atoms with Crippen LogP contribution in [0.4, 0.5) is 17.6 Å². The van der Waals surface area contributed by atoms with Gasteiger partial charge in [-0.1, -0.05) is 30.3 Å². The molecule has 2 saturated heterocycles. The van der Waals surface area contributed by atoms with Crippen molar-refractivity contribution in [1.29, 1.82) is 0 Å². The summed E-state index contributed by atoms with van der Waals surface area (Å²) in [6.07, 6.45) is -3.45. The minimum atomic E-state index is -4.40. The van der Waals surface area contributed by atoms with Gasteiger partial charge < -0.3 is 14.8 Å². The summed E-state index contributed by atoms with van der Waals surface area (Å²) in [5, 5.41) is 3.35. The molecule has 0 amide bonds. The molecular weight excluding hydrogens is 374 g/mol. The zero-order valence-corrected chi connectivity index (χ0v) is 15.1. The third kappa shape index (κ3) is 3.66. The van der Waals surface area contributed by atoms with Gasteiger partial charge in [0.15, 0.2) is 5.79 Å². The van der Waals surface area contributed by atoms with Gasteiger partial charge in [-0.05, 0) is 35.7 Å². The number of rotatable bonds is 2. The van der Waals surface area contributed by atoms with E-state index in [9.17, 15) is 17.6 Å². The third-order valence-electron chi connectivity index (χ3n) is 5.52. The van der Waals surface area contributed by atoms with Crippen molar-refractivity contribution in [2.24, 2.45) is 0 Å². The molecule has 3 atom stereocenters. The van der Waals surface area contributed by atoms with E-state index >= 15 is 0 Å². The van der Waals surface area contributed by atoms with Crippen LogP contribution in [-0.2, 0) is 15.7 Å². The Hall–Kier alpha value is -1.96. The van der Waals surface area contributed by atoms with Crippen LogP contribution in [0.5, 0.6) is 0 Å². The van der Waals surface area contributed by atoms with Gasteiger partial charge in [0.25, 0.3) is 0 Å². The molecule has 0 aliphatic carbocycles. The number of ether oxygens (including phenoxy) is 2. The molecule has 2 fully saturated rings. The van der Waals surface area contributed by atoms with Gasteiger partial charge in [-0.3, -0.25) is 0 Å². The smallest absolute Gasteiger partial charge is 0.347 e. The van der Waals surface area contributed by atoms with Crippen LogP contribution in [-0.4, -0.2) is 25.5 Å². The van der Waals surface area contributed by atoms with Crippen LogP contribution in [0, 0.1) is 5.82 Å². The van der Waals surface area contributed by atoms with Gasteiger partial charge in [0.1, 0.15) is 5.82 Å². The Morgan fingerprint density at radius 1 is 1.00 bits per heavy atom. The second-order valence-corrected chi connectivity index (χ2v) is 7.23. The molecule has 28 heavy (non-hydrogen) atoms. The average molecular weight is 395 g/mol. The van der Waals surface area contributed by atoms with Crippen molar-refractivity contribution >= 4 is 0 Å². The van der Waals surface area contributed by atoms with Crippen LogP contribution in [0.25, 0.3) is 0 Å². The molecule has 0 unspecified atom stereocenters. The fourth-order valence-corrected chi connectivity index (χ4v) is 4.16. The van der Waals surface area contributed by atoms with E-state index in [4.69, 9.17) is 9.47 Å². The summed E-state index contributed by atoms with van der Waals surface area (Å²) in [7, 11) is 0. The van der Waals surface area contributed by atoms with E-state index in [1.807, 2.05) is 0 Å². The Bertz CT molecular complexity index is 814. The number of nitrogens with one attached hydrogen (secondary N) is 1. The number of hydrogen-bond acceptors (Lipinski definition) is 3. The Labute approximate surface area is 160 Å². The number of halogens is 4. The minimum absolute atomic E-state index is 0.131. The van der Waals surface area contributed by atoms with Crippen LogP contribution in [0.2, 0.25) is 0 Å². The highest BCUT2D eigenvalue weighted by Gasteiger charge is 2.48. The zero-order valence-electron chi connectivity index (χ0n) is 15.1. The molecular formula is C21H21F4NO2. The second kappa shape index (κ2) is 7.46. The molecule has 0 aromatic heterocycles. The first kappa shape index (κ1) is 19.4. The molecule has 0 saturated carbocycles. The predicted molar refractivity (Wildman–Crippen MR) is 95.2 cm³/mol. The van der Waals surface area contributed by atoms with E-state index in [-0.39, 0.29) is 29.9 Å². The maximum absolute atomic E-state index is 13.4. The van der Waals surface area contributed by atoms with Gasteiger partial charge >= 0.3 is 6.18 Å². The molecule has 3 nitrogen and oxygen atoms in total. The van der Waals surface area contributed by atoms with Crippen molar-refractivity contribution in [2.75, 3.05) is 19.8 Å². The summed E-state index contributed by atoms with van der Waals surface area (Å²) in [6.45, 7) is 1.20. The van der Waals surface area contributed by atoms with Crippen LogP contribution in [0.3, 0.4) is 0 Å². The standard InChI is InChI=1S/C21H21F4NO2/c22-16-7-5-14(6-8-16)19-20(27-12-11-26-19)10-9-15(13-28-20)17-3-1-2-4-18(17)21(23,24)25/h1-8,15,19,26H,9-13H2/t15-,19+,20-/m1/s1. The molecule has 4 rings (SSSR count). The number of hydrogen-bond donors (Lipinski definition) is 1. The highest BCUT2D eigenvalue weighted by Crippen LogP contribution is 2.45. The summed E-state index contributed by atoms with van der Waals surface area (Å²) in [4.78, 5) is 0. The Morgan fingerprint density at radius 2 is 1.75 bits per heavy atom. The Kier molecular flexibility index (Phi) is 5.16. The monoisotopic (exact) mass is 395 g/mol. The lowest BCUT2D eigenvalue weighted by atomic mass is 9.83. The maximum atomic E-state index is 13.4. The first-order chi connectivity index (χ1) is 13.4. The van der Waals surface area contributed by atoms with E-state index in [2.05, 4.69) is 5.32 Å². The number of alkyl halides is 3. The summed E-state index contributed by atoms with van der Waals surface area (Å²) >= 11 is 0. The lowest BCUT2D eigenvalue weighted by Gasteiger charge is -2.48. The fourth-order valence-electron chi connectivity index (χ4n) is 4.16. The summed E-state index contributed by atoms with van der Waals surface area (Å²) < 4.78 is 65.4. The van der Waals surface area contributed by atoms with Gasteiger partial charge in [-0.25, -0.2) is 4.39 Å². The van der Waals surface area contributed by atoms with E-state index in [1.54, 1.807) is 18.2 Å². The Morgan fingerprint density at radius 3 is 2.43 bits per heavy atom. The molecule has 7 heteroatoms. The maximum Gasteiger partial charge on any atom is 0.416 e. The lowest BCUT2D eigenvalue weighted by molar-refractivity contribution is -0.289. The zero-order chi connectivity index (χ0) is 19.8. The van der Waals surface area contributed by atoms with E-state index < -0.39 is 17.5 Å². The van der Waals surface area contributed by atoms with Gasteiger partial charge in [0.2, 0.25) is 0 Å². The number of morpholine rings is 1. The van der Waals surface area contributed by atoms with Crippen molar-refractivity contribution < 1.29 is 27.0 Å². The topological polar surface area (TPSA) is 30.5 Å². The van der Waals surface area contributed by atoms with E-state index in [1.165, 1.54) is 24.3 Å². The van der Waals surface area contributed by atoms with Crippen molar-refractivity contribution in [3.05, 3.63) is 71.0 Å². The van der Waals surface area contributed by atoms with Crippen molar-refractivity contribution in [3.8, 4) is 0 Å². The van der Waals surface area contributed by atoms with Crippen LogP contribution in [0.1, 0.15) is 41.5 Å². The molecule has 2 aliphatic rings. The van der Waals surface area contributed by atoms with Crippen LogP contribution < -0.4 is 5.32 Å². The normalized spacial score (nSPS) is 28.4. The molecule has 2 aromatic rings. The summed E-state index contributed by atoms with van der Waals surface area (Å²) in [5.41, 5.74) is 0.472. The largest absolute Gasteiger partial charge is 0.416 e. The molecule has 1 N–H and O–H groups in total. The first-order valence-corrected chi connectivity index (χ1v) is 9.32. The second-order valence-electron chi connectivity index (χ2n) is 7.23. The lowest BCUT2D eigenvalue weighted by Crippen LogP contribution is -2.56. The van der Waals surface area contributed by atoms with Gasteiger partial charge in [-0.15, -0.1) is 0 Å². The predicted octanol–water partition coefficient (Wildman–Crippen LogP) is 4.80. The molecule has 2 aromatic carbocycles. The van der Waals surface area contributed by atoms with E-state index in [0.29, 0.717) is 26.0 Å².